The van der Waals surface area contributed by atoms with E-state index in [1.54, 1.807) is 4.90 Å². The number of nitrogens with zero attached hydrogens (tertiary/aromatic N) is 3. The third-order valence-electron chi connectivity index (χ3n) is 5.18. The maximum absolute atomic E-state index is 13.1. The summed E-state index contributed by atoms with van der Waals surface area (Å²) < 4.78 is 1.89. The number of aliphatic carboxylic acids is 1. The molecule has 1 saturated heterocycles. The van der Waals surface area contributed by atoms with Gasteiger partial charge in [-0.1, -0.05) is 18.2 Å². The number of rotatable bonds is 4. The number of amides is 1. The number of carboxylic acids is 1. The van der Waals surface area contributed by atoms with E-state index in [-0.39, 0.29) is 18.4 Å². The van der Waals surface area contributed by atoms with Crippen molar-refractivity contribution >= 4 is 11.9 Å². The summed E-state index contributed by atoms with van der Waals surface area (Å²) in [5.41, 5.74) is 3.62. The van der Waals surface area contributed by atoms with Gasteiger partial charge in [-0.3, -0.25) is 9.59 Å². The van der Waals surface area contributed by atoms with Crippen LogP contribution in [-0.4, -0.2) is 44.3 Å². The number of aromatic nitrogens is 2. The zero-order chi connectivity index (χ0) is 17.4. The van der Waals surface area contributed by atoms with Crippen molar-refractivity contribution in [3.8, 4) is 5.69 Å². The molecule has 0 spiro atoms. The summed E-state index contributed by atoms with van der Waals surface area (Å²) in [5, 5.41) is 13.7. The lowest BCUT2D eigenvalue weighted by Gasteiger charge is -2.22. The average Bonchev–Trinajstić information content (AvgIpc) is 3.30. The van der Waals surface area contributed by atoms with E-state index in [9.17, 15) is 9.59 Å². The molecule has 2 aromatic rings. The Labute approximate surface area is 146 Å². The van der Waals surface area contributed by atoms with Gasteiger partial charge in [-0.25, -0.2) is 4.68 Å². The van der Waals surface area contributed by atoms with Crippen LogP contribution in [0.4, 0.5) is 0 Å². The van der Waals surface area contributed by atoms with Crippen molar-refractivity contribution in [2.24, 2.45) is 0 Å². The number of fused-ring (bicyclic) bond motifs is 1. The maximum Gasteiger partial charge on any atom is 0.305 e. The number of carbonyl (C=O) groups excluding carboxylic acids is 1. The molecule has 1 N–H and O–H groups in total. The second kappa shape index (κ2) is 6.35. The van der Waals surface area contributed by atoms with Crippen LogP contribution >= 0.6 is 0 Å². The first-order valence-electron chi connectivity index (χ1n) is 8.84. The summed E-state index contributed by atoms with van der Waals surface area (Å²) >= 11 is 0. The lowest BCUT2D eigenvalue weighted by Crippen LogP contribution is -2.37. The van der Waals surface area contributed by atoms with Gasteiger partial charge >= 0.3 is 5.97 Å². The van der Waals surface area contributed by atoms with Crippen LogP contribution in [0, 0.1) is 0 Å². The molecular weight excluding hydrogens is 318 g/mol. The predicted molar refractivity (Wildman–Crippen MR) is 91.9 cm³/mol. The van der Waals surface area contributed by atoms with E-state index in [4.69, 9.17) is 5.11 Å². The Bertz CT molecular complexity index is 813. The van der Waals surface area contributed by atoms with E-state index in [0.29, 0.717) is 12.2 Å². The van der Waals surface area contributed by atoms with Crippen molar-refractivity contribution in [3.63, 3.8) is 0 Å². The van der Waals surface area contributed by atoms with Gasteiger partial charge in [0.05, 0.1) is 12.1 Å². The second-order valence-corrected chi connectivity index (χ2v) is 6.77. The zero-order valence-electron chi connectivity index (χ0n) is 14.0. The van der Waals surface area contributed by atoms with Gasteiger partial charge in [-0.05, 0) is 44.2 Å². The quantitative estimate of drug-likeness (QED) is 0.928. The minimum Gasteiger partial charge on any atom is -0.481 e. The number of para-hydroxylation sites is 1. The minimum atomic E-state index is -0.857. The fraction of sp³-hybridized carbons (Fsp3) is 0.421. The summed E-state index contributed by atoms with van der Waals surface area (Å²) in [7, 11) is 0. The molecule has 1 aromatic heterocycles. The molecule has 1 atom stereocenters. The Kier molecular flexibility index (Phi) is 4.03. The third-order valence-corrected chi connectivity index (χ3v) is 5.18. The molecule has 1 amide bonds. The highest BCUT2D eigenvalue weighted by atomic mass is 16.4. The summed E-state index contributed by atoms with van der Waals surface area (Å²) in [5.74, 6) is -0.971. The monoisotopic (exact) mass is 339 g/mol. The molecule has 1 aromatic carbocycles. The molecule has 2 aliphatic rings. The molecule has 2 heterocycles. The molecule has 1 fully saturated rings. The van der Waals surface area contributed by atoms with Crippen LogP contribution in [-0.2, 0) is 17.6 Å². The predicted octanol–water partition coefficient (Wildman–Crippen LogP) is 2.44. The zero-order valence-corrected chi connectivity index (χ0v) is 14.0. The topological polar surface area (TPSA) is 75.4 Å². The summed E-state index contributed by atoms with van der Waals surface area (Å²) in [6.45, 7) is 0.615. The van der Waals surface area contributed by atoms with Crippen LogP contribution in [0.25, 0.3) is 5.69 Å². The van der Waals surface area contributed by atoms with Crippen LogP contribution in [0.2, 0.25) is 0 Å². The largest absolute Gasteiger partial charge is 0.481 e. The van der Waals surface area contributed by atoms with Gasteiger partial charge in [0.15, 0.2) is 5.69 Å². The number of carboxylic acid groups (broad SMARTS) is 1. The van der Waals surface area contributed by atoms with Crippen molar-refractivity contribution < 1.29 is 14.7 Å². The van der Waals surface area contributed by atoms with Gasteiger partial charge in [0, 0.05) is 23.8 Å². The van der Waals surface area contributed by atoms with Crippen LogP contribution in [0.15, 0.2) is 30.3 Å². The summed E-state index contributed by atoms with van der Waals surface area (Å²) in [6, 6.07) is 9.64. The van der Waals surface area contributed by atoms with Gasteiger partial charge in [0.1, 0.15) is 0 Å². The van der Waals surface area contributed by atoms with Crippen molar-refractivity contribution in [2.75, 3.05) is 6.54 Å². The van der Waals surface area contributed by atoms with Crippen LogP contribution < -0.4 is 0 Å². The first-order valence-corrected chi connectivity index (χ1v) is 8.84. The van der Waals surface area contributed by atoms with Gasteiger partial charge < -0.3 is 10.0 Å². The standard InChI is InChI=1S/C19H21N3O3/c23-17(24)12-14-8-5-11-21(14)19(25)18-15-9-4-10-16(15)22(20-18)13-6-2-1-3-7-13/h1-3,6-7,14H,4-5,8-12H2,(H,23,24). The number of likely N-dealkylation sites (tertiary alicyclic amines) is 1. The highest BCUT2D eigenvalue weighted by molar-refractivity contribution is 5.95. The van der Waals surface area contributed by atoms with E-state index >= 15 is 0 Å². The first-order chi connectivity index (χ1) is 12.1. The van der Waals surface area contributed by atoms with Crippen LogP contribution in [0.3, 0.4) is 0 Å². The molecule has 0 saturated carbocycles. The van der Waals surface area contributed by atoms with Crippen LogP contribution in [0.5, 0.6) is 0 Å². The molecule has 6 heteroatoms. The normalized spacial score (nSPS) is 19.2. The van der Waals surface area contributed by atoms with Gasteiger partial charge in [0.2, 0.25) is 0 Å². The molecule has 6 nitrogen and oxygen atoms in total. The fourth-order valence-corrected chi connectivity index (χ4v) is 4.04. The second-order valence-electron chi connectivity index (χ2n) is 6.77. The molecule has 1 unspecified atom stereocenters. The maximum atomic E-state index is 13.1. The van der Waals surface area contributed by atoms with Crippen molar-refractivity contribution in [1.29, 1.82) is 0 Å². The van der Waals surface area contributed by atoms with Crippen molar-refractivity contribution in [2.45, 2.75) is 44.6 Å². The Morgan fingerprint density at radius 1 is 1.16 bits per heavy atom. The molecule has 0 radical (unpaired) electrons. The highest BCUT2D eigenvalue weighted by Crippen LogP contribution is 2.30. The number of hydrogen-bond donors (Lipinski definition) is 1. The number of benzene rings is 1. The van der Waals surface area contributed by atoms with E-state index < -0.39 is 5.97 Å². The van der Waals surface area contributed by atoms with Gasteiger partial charge in [-0.2, -0.15) is 5.10 Å². The lowest BCUT2D eigenvalue weighted by atomic mass is 10.1. The molecule has 0 bridgehead atoms. The summed E-state index contributed by atoms with van der Waals surface area (Å²) in [6.07, 6.45) is 4.42. The molecule has 130 valence electrons. The van der Waals surface area contributed by atoms with E-state index in [1.807, 2.05) is 35.0 Å². The summed E-state index contributed by atoms with van der Waals surface area (Å²) in [4.78, 5) is 25.9. The Morgan fingerprint density at radius 2 is 1.96 bits per heavy atom. The number of hydrogen-bond acceptors (Lipinski definition) is 3. The molecule has 4 rings (SSSR count). The van der Waals surface area contributed by atoms with Crippen molar-refractivity contribution in [3.05, 3.63) is 47.3 Å². The van der Waals surface area contributed by atoms with E-state index in [1.165, 1.54) is 0 Å². The SMILES string of the molecule is O=C(O)CC1CCCN1C(=O)c1nn(-c2ccccc2)c2c1CCC2. The third kappa shape index (κ3) is 2.81. The lowest BCUT2D eigenvalue weighted by molar-refractivity contribution is -0.137. The number of carbonyl (C=O) groups is 2. The van der Waals surface area contributed by atoms with Gasteiger partial charge in [-0.15, -0.1) is 0 Å². The van der Waals surface area contributed by atoms with Gasteiger partial charge in [0.25, 0.3) is 5.91 Å². The average molecular weight is 339 g/mol. The molecule has 1 aliphatic carbocycles. The van der Waals surface area contributed by atoms with Crippen molar-refractivity contribution in [1.82, 2.24) is 14.7 Å². The Balaban J connectivity index is 1.69. The Hall–Kier alpha value is -2.63. The fourth-order valence-electron chi connectivity index (χ4n) is 4.04. The van der Waals surface area contributed by atoms with Crippen LogP contribution in [0.1, 0.15) is 47.4 Å². The van der Waals surface area contributed by atoms with E-state index in [2.05, 4.69) is 5.10 Å². The molecule has 1 aliphatic heterocycles. The first kappa shape index (κ1) is 15.9. The Morgan fingerprint density at radius 3 is 2.72 bits per heavy atom. The van der Waals surface area contributed by atoms with E-state index in [0.717, 1.165) is 49.0 Å². The molecule has 25 heavy (non-hydrogen) atoms. The highest BCUT2D eigenvalue weighted by Gasteiger charge is 2.35. The smallest absolute Gasteiger partial charge is 0.305 e. The minimum absolute atomic E-state index is 0.00727. The molecular formula is C19H21N3O3.